The van der Waals surface area contributed by atoms with E-state index in [0.29, 0.717) is 5.56 Å². The number of hydrogen-bond donors (Lipinski definition) is 1. The van der Waals surface area contributed by atoms with Crippen molar-refractivity contribution in [1.82, 2.24) is 15.3 Å². The van der Waals surface area contributed by atoms with E-state index < -0.39 is 29.7 Å². The van der Waals surface area contributed by atoms with E-state index >= 15 is 0 Å². The van der Waals surface area contributed by atoms with Crippen LogP contribution in [-0.2, 0) is 6.18 Å². The normalized spacial score (nSPS) is 17.9. The molecule has 0 aliphatic heterocycles. The summed E-state index contributed by atoms with van der Waals surface area (Å²) >= 11 is 12.0. The molecule has 168 valence electrons. The highest BCUT2D eigenvalue weighted by Gasteiger charge is 2.39. The molecule has 1 unspecified atom stereocenters. The van der Waals surface area contributed by atoms with Crippen molar-refractivity contribution in [2.45, 2.75) is 43.7 Å². The molecule has 0 radical (unpaired) electrons. The second-order valence-electron chi connectivity index (χ2n) is 7.45. The predicted molar refractivity (Wildman–Crippen MR) is 105 cm³/mol. The topological polar surface area (TPSA) is 54.9 Å². The summed E-state index contributed by atoms with van der Waals surface area (Å²) in [5, 5.41) is 2.94. The summed E-state index contributed by atoms with van der Waals surface area (Å²) in [6.07, 6.45) is -2.97. The van der Waals surface area contributed by atoms with Crippen LogP contribution in [-0.4, -0.2) is 28.3 Å². The Morgan fingerprint density at radius 1 is 1.16 bits per heavy atom. The standard InChI is InChI=1S/C20H18Cl2F5N3O/c21-15-3-1-2-13(16(15)22)17(31)28-10-14(11-4-6-19(23,24)7-5-11)12-8-29-18(30-9-12)20(25,26)27/h1-3,8-9,11,14H,4-7,10H2,(H,28,31). The largest absolute Gasteiger partial charge is 0.451 e. The van der Waals surface area contributed by atoms with Gasteiger partial charge in [0.05, 0.1) is 15.6 Å². The third-order valence-corrected chi connectivity index (χ3v) is 6.18. The highest BCUT2D eigenvalue weighted by molar-refractivity contribution is 6.43. The Morgan fingerprint density at radius 2 is 1.77 bits per heavy atom. The van der Waals surface area contributed by atoms with Crippen LogP contribution in [0.3, 0.4) is 0 Å². The van der Waals surface area contributed by atoms with Crippen LogP contribution < -0.4 is 5.32 Å². The van der Waals surface area contributed by atoms with Crippen molar-refractivity contribution in [2.75, 3.05) is 6.54 Å². The summed E-state index contributed by atoms with van der Waals surface area (Å²) in [7, 11) is 0. The lowest BCUT2D eigenvalue weighted by atomic mass is 9.76. The Morgan fingerprint density at radius 3 is 2.35 bits per heavy atom. The maximum atomic E-state index is 13.6. The summed E-state index contributed by atoms with van der Waals surface area (Å²) in [5.41, 5.74) is 0.465. The number of aromatic nitrogens is 2. The molecule has 1 saturated carbocycles. The van der Waals surface area contributed by atoms with Gasteiger partial charge in [0.2, 0.25) is 11.7 Å². The Labute approximate surface area is 185 Å². The highest BCUT2D eigenvalue weighted by atomic mass is 35.5. The number of carbonyl (C=O) groups is 1. The van der Waals surface area contributed by atoms with E-state index in [1.54, 1.807) is 6.07 Å². The van der Waals surface area contributed by atoms with Gasteiger partial charge in [-0.3, -0.25) is 4.79 Å². The summed E-state index contributed by atoms with van der Waals surface area (Å²) in [6.45, 7) is -0.00730. The van der Waals surface area contributed by atoms with Crippen molar-refractivity contribution < 1.29 is 26.7 Å². The van der Waals surface area contributed by atoms with Crippen molar-refractivity contribution >= 4 is 29.1 Å². The van der Waals surface area contributed by atoms with Crippen molar-refractivity contribution in [3.8, 4) is 0 Å². The average molecular weight is 482 g/mol. The molecule has 1 aliphatic rings. The van der Waals surface area contributed by atoms with Gasteiger partial charge < -0.3 is 5.32 Å². The predicted octanol–water partition coefficient (Wildman–Crippen LogP) is 6.14. The molecule has 11 heteroatoms. The van der Waals surface area contributed by atoms with E-state index in [0.717, 1.165) is 12.4 Å². The SMILES string of the molecule is O=C(NCC(c1cnc(C(F)(F)F)nc1)C1CCC(F)(F)CC1)c1cccc(Cl)c1Cl. The van der Waals surface area contributed by atoms with Gasteiger partial charge in [-0.05, 0) is 36.5 Å². The van der Waals surface area contributed by atoms with Crippen molar-refractivity contribution in [2.24, 2.45) is 5.92 Å². The molecule has 31 heavy (non-hydrogen) atoms. The van der Waals surface area contributed by atoms with Crippen LogP contribution in [0.1, 0.15) is 53.3 Å². The molecule has 1 aromatic carbocycles. The van der Waals surface area contributed by atoms with Crippen LogP contribution in [0.15, 0.2) is 30.6 Å². The fraction of sp³-hybridized carbons (Fsp3) is 0.450. The zero-order valence-electron chi connectivity index (χ0n) is 16.0. The summed E-state index contributed by atoms with van der Waals surface area (Å²) in [5.74, 6) is -5.42. The van der Waals surface area contributed by atoms with E-state index in [2.05, 4.69) is 15.3 Å². The Balaban J connectivity index is 1.80. The fourth-order valence-electron chi connectivity index (χ4n) is 3.67. The van der Waals surface area contributed by atoms with Gasteiger partial charge in [-0.15, -0.1) is 0 Å². The van der Waals surface area contributed by atoms with Gasteiger partial charge >= 0.3 is 6.18 Å². The summed E-state index contributed by atoms with van der Waals surface area (Å²) in [4.78, 5) is 19.3. The van der Waals surface area contributed by atoms with Crippen LogP contribution >= 0.6 is 23.2 Å². The van der Waals surface area contributed by atoms with E-state index in [-0.39, 0.29) is 53.8 Å². The van der Waals surface area contributed by atoms with E-state index in [4.69, 9.17) is 23.2 Å². The van der Waals surface area contributed by atoms with E-state index in [1.807, 2.05) is 0 Å². The van der Waals surface area contributed by atoms with Gasteiger partial charge in [-0.1, -0.05) is 29.3 Å². The van der Waals surface area contributed by atoms with E-state index in [1.165, 1.54) is 12.1 Å². The minimum atomic E-state index is -4.70. The zero-order valence-corrected chi connectivity index (χ0v) is 17.5. The molecule has 1 heterocycles. The molecule has 0 spiro atoms. The third-order valence-electron chi connectivity index (χ3n) is 5.36. The van der Waals surface area contributed by atoms with Crippen LogP contribution in [0.25, 0.3) is 0 Å². The second kappa shape index (κ2) is 9.24. The molecule has 0 bridgehead atoms. The molecular formula is C20H18Cl2F5N3O. The molecule has 0 saturated heterocycles. The zero-order chi connectivity index (χ0) is 22.8. The molecule has 1 atom stereocenters. The minimum Gasteiger partial charge on any atom is -0.351 e. The maximum absolute atomic E-state index is 13.6. The number of alkyl halides is 5. The van der Waals surface area contributed by atoms with Crippen molar-refractivity contribution in [3.63, 3.8) is 0 Å². The Kier molecular flexibility index (Phi) is 7.05. The van der Waals surface area contributed by atoms with Gasteiger partial charge in [-0.25, -0.2) is 18.7 Å². The van der Waals surface area contributed by atoms with Gasteiger partial charge in [0.25, 0.3) is 5.91 Å². The van der Waals surface area contributed by atoms with Crippen LogP contribution in [0.5, 0.6) is 0 Å². The number of carbonyl (C=O) groups excluding carboxylic acids is 1. The highest BCUT2D eigenvalue weighted by Crippen LogP contribution is 2.42. The quantitative estimate of drug-likeness (QED) is 0.521. The molecule has 1 aliphatic carbocycles. The molecule has 1 aromatic heterocycles. The minimum absolute atomic E-state index is 0.00730. The number of benzene rings is 1. The molecule has 4 nitrogen and oxygen atoms in total. The second-order valence-corrected chi connectivity index (χ2v) is 8.23. The Bertz CT molecular complexity index is 927. The monoisotopic (exact) mass is 481 g/mol. The van der Waals surface area contributed by atoms with Crippen LogP contribution in [0, 0.1) is 5.92 Å². The molecule has 1 fully saturated rings. The number of amides is 1. The number of nitrogens with one attached hydrogen (secondary N) is 1. The average Bonchev–Trinajstić information content (AvgIpc) is 2.70. The summed E-state index contributed by atoms with van der Waals surface area (Å²) < 4.78 is 65.6. The van der Waals surface area contributed by atoms with Crippen LogP contribution in [0.2, 0.25) is 10.0 Å². The lowest BCUT2D eigenvalue weighted by molar-refractivity contribution is -0.145. The molecular weight excluding hydrogens is 464 g/mol. The van der Waals surface area contributed by atoms with E-state index in [9.17, 15) is 26.7 Å². The number of nitrogens with zero attached hydrogens (tertiary/aromatic N) is 2. The van der Waals surface area contributed by atoms with Gasteiger partial charge in [0.1, 0.15) is 0 Å². The lowest BCUT2D eigenvalue weighted by Crippen LogP contribution is -2.35. The van der Waals surface area contributed by atoms with Gasteiger partial charge in [0.15, 0.2) is 0 Å². The van der Waals surface area contributed by atoms with Crippen LogP contribution in [0.4, 0.5) is 22.0 Å². The molecule has 3 rings (SSSR count). The first kappa shape index (κ1) is 23.7. The number of halogens is 7. The van der Waals surface area contributed by atoms with Gasteiger partial charge in [0, 0.05) is 37.7 Å². The van der Waals surface area contributed by atoms with Crippen molar-refractivity contribution in [1.29, 1.82) is 0 Å². The van der Waals surface area contributed by atoms with Gasteiger partial charge in [-0.2, -0.15) is 13.2 Å². The fourth-order valence-corrected chi connectivity index (χ4v) is 4.06. The maximum Gasteiger partial charge on any atom is 0.451 e. The Hall–Kier alpha value is -2.00. The first-order valence-electron chi connectivity index (χ1n) is 9.47. The lowest BCUT2D eigenvalue weighted by Gasteiger charge is -2.34. The third kappa shape index (κ3) is 5.83. The number of hydrogen-bond acceptors (Lipinski definition) is 3. The summed E-state index contributed by atoms with van der Waals surface area (Å²) in [6, 6.07) is 4.54. The van der Waals surface area contributed by atoms with Crippen molar-refractivity contribution in [3.05, 3.63) is 57.6 Å². The molecule has 1 N–H and O–H groups in total. The molecule has 1 amide bonds. The first-order chi connectivity index (χ1) is 14.5. The smallest absolute Gasteiger partial charge is 0.351 e. The first-order valence-corrected chi connectivity index (χ1v) is 10.2. The number of rotatable bonds is 5. The molecule has 2 aromatic rings.